The molecular weight excluding hydrogens is 164 g/mol. The Bertz CT molecular complexity index is 228. The Morgan fingerprint density at radius 3 is 2.46 bits per heavy atom. The molecule has 0 N–H and O–H groups in total. The molecule has 0 spiro atoms. The van der Waals surface area contributed by atoms with Crippen molar-refractivity contribution in [2.24, 2.45) is 11.3 Å². The van der Waals surface area contributed by atoms with Crippen molar-refractivity contribution in [3.8, 4) is 0 Å². The van der Waals surface area contributed by atoms with Gasteiger partial charge >= 0.3 is 0 Å². The van der Waals surface area contributed by atoms with Gasteiger partial charge in [0.15, 0.2) is 0 Å². The SMILES string of the molecule is CC(OC1CC(=O)C1(C)C)C1CC1. The van der Waals surface area contributed by atoms with Crippen LogP contribution in [0.1, 0.15) is 40.0 Å². The molecule has 2 atom stereocenters. The maximum Gasteiger partial charge on any atom is 0.143 e. The molecule has 0 bridgehead atoms. The van der Waals surface area contributed by atoms with E-state index < -0.39 is 0 Å². The first-order valence-electron chi connectivity index (χ1n) is 5.20. The van der Waals surface area contributed by atoms with Gasteiger partial charge in [-0.05, 0) is 25.7 Å². The second-order valence-corrected chi connectivity index (χ2v) is 5.02. The van der Waals surface area contributed by atoms with Gasteiger partial charge in [0.1, 0.15) is 5.78 Å². The molecule has 13 heavy (non-hydrogen) atoms. The van der Waals surface area contributed by atoms with Crippen LogP contribution in [0.25, 0.3) is 0 Å². The number of Topliss-reactive ketones (excluding diaryl/α,β-unsaturated/α-hetero) is 1. The Hall–Kier alpha value is -0.370. The van der Waals surface area contributed by atoms with E-state index >= 15 is 0 Å². The van der Waals surface area contributed by atoms with Crippen molar-refractivity contribution in [2.75, 3.05) is 0 Å². The summed E-state index contributed by atoms with van der Waals surface area (Å²) in [4.78, 5) is 11.2. The second-order valence-electron chi connectivity index (χ2n) is 5.02. The lowest BCUT2D eigenvalue weighted by Gasteiger charge is -2.43. The molecule has 2 nitrogen and oxygen atoms in total. The number of hydrogen-bond acceptors (Lipinski definition) is 2. The zero-order valence-corrected chi connectivity index (χ0v) is 8.67. The molecule has 2 fully saturated rings. The Morgan fingerprint density at radius 2 is 2.08 bits per heavy atom. The monoisotopic (exact) mass is 182 g/mol. The predicted molar refractivity (Wildman–Crippen MR) is 50.5 cm³/mol. The minimum absolute atomic E-state index is 0.176. The Morgan fingerprint density at radius 1 is 1.46 bits per heavy atom. The molecule has 2 aliphatic rings. The van der Waals surface area contributed by atoms with Crippen LogP contribution in [-0.4, -0.2) is 18.0 Å². The summed E-state index contributed by atoms with van der Waals surface area (Å²) >= 11 is 0. The Balaban J connectivity index is 1.86. The van der Waals surface area contributed by atoms with E-state index in [0.717, 1.165) is 5.92 Å². The highest BCUT2D eigenvalue weighted by molar-refractivity contribution is 5.91. The number of hydrogen-bond donors (Lipinski definition) is 0. The molecule has 0 aliphatic heterocycles. The number of carbonyl (C=O) groups is 1. The minimum Gasteiger partial charge on any atom is -0.374 e. The normalized spacial score (nSPS) is 34.1. The lowest BCUT2D eigenvalue weighted by atomic mass is 9.68. The van der Waals surface area contributed by atoms with Crippen LogP contribution in [0.2, 0.25) is 0 Å². The van der Waals surface area contributed by atoms with E-state index in [1.165, 1.54) is 12.8 Å². The Labute approximate surface area is 79.7 Å². The van der Waals surface area contributed by atoms with E-state index in [2.05, 4.69) is 6.92 Å². The fourth-order valence-corrected chi connectivity index (χ4v) is 1.89. The van der Waals surface area contributed by atoms with Crippen LogP contribution in [0, 0.1) is 11.3 Å². The molecule has 74 valence electrons. The molecule has 0 radical (unpaired) electrons. The molecule has 2 aliphatic carbocycles. The standard InChI is InChI=1S/C11H18O2/c1-7(8-4-5-8)13-10-6-9(12)11(10,2)3/h7-8,10H,4-6H2,1-3H3. The summed E-state index contributed by atoms with van der Waals surface area (Å²) in [6.07, 6.45) is 3.78. The van der Waals surface area contributed by atoms with Gasteiger partial charge in [-0.3, -0.25) is 4.79 Å². The molecule has 0 aromatic carbocycles. The van der Waals surface area contributed by atoms with Crippen molar-refractivity contribution in [3.63, 3.8) is 0 Å². The average molecular weight is 182 g/mol. The summed E-state index contributed by atoms with van der Waals surface area (Å²) in [6.45, 7) is 6.11. The highest BCUT2D eigenvalue weighted by Crippen LogP contribution is 2.42. The van der Waals surface area contributed by atoms with E-state index in [0.29, 0.717) is 18.3 Å². The van der Waals surface area contributed by atoms with E-state index in [-0.39, 0.29) is 11.5 Å². The fourth-order valence-electron chi connectivity index (χ4n) is 1.89. The molecule has 2 unspecified atom stereocenters. The van der Waals surface area contributed by atoms with Crippen molar-refractivity contribution in [3.05, 3.63) is 0 Å². The van der Waals surface area contributed by atoms with Gasteiger partial charge in [0.2, 0.25) is 0 Å². The first-order chi connectivity index (χ1) is 6.01. The molecule has 0 aromatic heterocycles. The minimum atomic E-state index is -0.219. The lowest BCUT2D eigenvalue weighted by Crippen LogP contribution is -2.52. The summed E-state index contributed by atoms with van der Waals surface area (Å²) in [7, 11) is 0. The fraction of sp³-hybridized carbons (Fsp3) is 0.909. The molecule has 0 heterocycles. The van der Waals surface area contributed by atoms with Crippen LogP contribution in [0.5, 0.6) is 0 Å². The van der Waals surface area contributed by atoms with Crippen LogP contribution >= 0.6 is 0 Å². The van der Waals surface area contributed by atoms with Crippen molar-refractivity contribution in [2.45, 2.75) is 52.2 Å². The van der Waals surface area contributed by atoms with E-state index in [9.17, 15) is 4.79 Å². The van der Waals surface area contributed by atoms with Gasteiger partial charge in [-0.1, -0.05) is 13.8 Å². The van der Waals surface area contributed by atoms with Gasteiger partial charge in [0, 0.05) is 6.42 Å². The second kappa shape index (κ2) is 2.81. The van der Waals surface area contributed by atoms with Crippen LogP contribution < -0.4 is 0 Å². The largest absolute Gasteiger partial charge is 0.374 e. The predicted octanol–water partition coefficient (Wildman–Crippen LogP) is 2.17. The topological polar surface area (TPSA) is 26.3 Å². The first-order valence-corrected chi connectivity index (χ1v) is 5.20. The smallest absolute Gasteiger partial charge is 0.143 e. The molecule has 0 saturated heterocycles. The van der Waals surface area contributed by atoms with Crippen LogP contribution in [0.3, 0.4) is 0 Å². The van der Waals surface area contributed by atoms with Gasteiger partial charge in [-0.2, -0.15) is 0 Å². The zero-order valence-electron chi connectivity index (χ0n) is 8.67. The van der Waals surface area contributed by atoms with Crippen molar-refractivity contribution in [1.29, 1.82) is 0 Å². The molecular formula is C11H18O2. The van der Waals surface area contributed by atoms with Crippen LogP contribution in [0.4, 0.5) is 0 Å². The van der Waals surface area contributed by atoms with Gasteiger partial charge in [-0.15, -0.1) is 0 Å². The number of ketones is 1. The van der Waals surface area contributed by atoms with Gasteiger partial charge in [0.25, 0.3) is 0 Å². The summed E-state index contributed by atoms with van der Waals surface area (Å²) in [5.41, 5.74) is -0.219. The Kier molecular flexibility index (Phi) is 1.99. The van der Waals surface area contributed by atoms with Crippen molar-refractivity contribution in [1.82, 2.24) is 0 Å². The van der Waals surface area contributed by atoms with Gasteiger partial charge < -0.3 is 4.74 Å². The summed E-state index contributed by atoms with van der Waals surface area (Å²) in [6, 6.07) is 0. The van der Waals surface area contributed by atoms with E-state index in [4.69, 9.17) is 4.74 Å². The summed E-state index contributed by atoms with van der Waals surface area (Å²) in [5.74, 6) is 1.12. The highest BCUT2D eigenvalue weighted by atomic mass is 16.5. The summed E-state index contributed by atoms with van der Waals surface area (Å²) < 4.78 is 5.88. The maximum atomic E-state index is 11.2. The maximum absolute atomic E-state index is 11.2. The third kappa shape index (κ3) is 1.52. The molecule has 0 aromatic rings. The van der Waals surface area contributed by atoms with E-state index in [1.807, 2.05) is 13.8 Å². The zero-order chi connectivity index (χ0) is 9.64. The average Bonchev–Trinajstić information content (AvgIpc) is 2.86. The summed E-state index contributed by atoms with van der Waals surface area (Å²) in [5, 5.41) is 0. The van der Waals surface area contributed by atoms with Crippen LogP contribution in [0.15, 0.2) is 0 Å². The number of carbonyl (C=O) groups excluding carboxylic acids is 1. The third-order valence-corrected chi connectivity index (χ3v) is 3.56. The number of ether oxygens (including phenoxy) is 1. The molecule has 2 heteroatoms. The van der Waals surface area contributed by atoms with Crippen molar-refractivity contribution < 1.29 is 9.53 Å². The van der Waals surface area contributed by atoms with Crippen molar-refractivity contribution >= 4 is 5.78 Å². The van der Waals surface area contributed by atoms with Crippen LogP contribution in [-0.2, 0) is 9.53 Å². The quantitative estimate of drug-likeness (QED) is 0.668. The molecule has 0 amide bonds. The lowest BCUT2D eigenvalue weighted by molar-refractivity contribution is -0.166. The highest BCUT2D eigenvalue weighted by Gasteiger charge is 2.49. The third-order valence-electron chi connectivity index (χ3n) is 3.56. The molecule has 2 saturated carbocycles. The van der Waals surface area contributed by atoms with Gasteiger partial charge in [-0.25, -0.2) is 0 Å². The first kappa shape index (κ1) is 9.20. The number of rotatable bonds is 3. The van der Waals surface area contributed by atoms with E-state index in [1.54, 1.807) is 0 Å². The van der Waals surface area contributed by atoms with Gasteiger partial charge in [0.05, 0.1) is 17.6 Å². The molecule has 2 rings (SSSR count).